The van der Waals surface area contributed by atoms with Crippen molar-refractivity contribution in [1.82, 2.24) is 20.3 Å². The maximum absolute atomic E-state index is 13.2. The molecule has 2 atom stereocenters. The highest BCUT2D eigenvalue weighted by Gasteiger charge is 2.24. The van der Waals surface area contributed by atoms with Crippen LogP contribution < -0.4 is 25.0 Å². The van der Waals surface area contributed by atoms with Gasteiger partial charge in [0.2, 0.25) is 5.88 Å². The Hall–Kier alpha value is -3.46. The molecule has 3 aromatic rings. The average Bonchev–Trinajstić information content (AvgIpc) is 2.77. The minimum atomic E-state index is -0.282. The van der Waals surface area contributed by atoms with Crippen molar-refractivity contribution in [1.29, 1.82) is 0 Å². The van der Waals surface area contributed by atoms with E-state index < -0.39 is 0 Å². The third-order valence-electron chi connectivity index (χ3n) is 5.51. The van der Waals surface area contributed by atoms with E-state index in [4.69, 9.17) is 9.47 Å². The molecule has 0 saturated carbocycles. The van der Waals surface area contributed by atoms with Gasteiger partial charge in [-0.15, -0.1) is 0 Å². The van der Waals surface area contributed by atoms with Crippen molar-refractivity contribution in [2.24, 2.45) is 0 Å². The van der Waals surface area contributed by atoms with Crippen LogP contribution in [-0.4, -0.2) is 60.3 Å². The van der Waals surface area contributed by atoms with E-state index in [1.807, 2.05) is 19.1 Å². The lowest BCUT2D eigenvalue weighted by atomic mass is 10.0. The first kappa shape index (κ1) is 21.8. The first-order valence-corrected chi connectivity index (χ1v) is 10.6. The summed E-state index contributed by atoms with van der Waals surface area (Å²) in [4.78, 5) is 28.6. The molecule has 0 spiro atoms. The lowest BCUT2D eigenvalue weighted by molar-refractivity contribution is 0.102. The zero-order chi connectivity index (χ0) is 22.8. The Kier molecular flexibility index (Phi) is 6.09. The normalized spacial score (nSPS) is 18.5. The molecule has 9 heteroatoms. The van der Waals surface area contributed by atoms with Crippen LogP contribution in [0.4, 0.5) is 11.4 Å². The number of aromatic nitrogens is 3. The van der Waals surface area contributed by atoms with Crippen LogP contribution >= 0.6 is 0 Å². The van der Waals surface area contributed by atoms with Crippen molar-refractivity contribution >= 4 is 28.2 Å². The van der Waals surface area contributed by atoms with Crippen molar-refractivity contribution in [3.8, 4) is 11.9 Å². The van der Waals surface area contributed by atoms with E-state index in [9.17, 15) is 4.79 Å². The average molecular weight is 437 g/mol. The van der Waals surface area contributed by atoms with Crippen LogP contribution in [0.1, 0.15) is 29.8 Å². The van der Waals surface area contributed by atoms with Crippen LogP contribution in [0, 0.1) is 6.92 Å². The number of carbonyl (C=O) groups is 1. The molecule has 2 aromatic heterocycles. The molecule has 168 valence electrons. The van der Waals surface area contributed by atoms with E-state index in [1.165, 1.54) is 7.11 Å². The summed E-state index contributed by atoms with van der Waals surface area (Å²) >= 11 is 0. The third kappa shape index (κ3) is 4.29. The summed E-state index contributed by atoms with van der Waals surface area (Å²) in [7, 11) is 3.07. The number of nitrogens with zero attached hydrogens (tertiary/aromatic N) is 4. The van der Waals surface area contributed by atoms with Crippen LogP contribution in [0.15, 0.2) is 30.6 Å². The van der Waals surface area contributed by atoms with Gasteiger partial charge in [0.1, 0.15) is 0 Å². The molecule has 3 heterocycles. The Morgan fingerprint density at radius 2 is 1.88 bits per heavy atom. The number of ether oxygens (including phenoxy) is 2. The topological polar surface area (TPSA) is 102 Å². The number of carbonyl (C=O) groups excluding carboxylic acids is 1. The van der Waals surface area contributed by atoms with Crippen LogP contribution in [0.3, 0.4) is 0 Å². The van der Waals surface area contributed by atoms with Crippen LogP contribution in [0.5, 0.6) is 11.9 Å². The smallest absolute Gasteiger partial charge is 0.316 e. The second kappa shape index (κ2) is 8.96. The number of piperazine rings is 1. The number of amides is 1. The monoisotopic (exact) mass is 436 g/mol. The minimum Gasteiger partial charge on any atom is -0.481 e. The van der Waals surface area contributed by atoms with Gasteiger partial charge < -0.3 is 25.0 Å². The molecule has 1 aliphatic heterocycles. The molecule has 1 aliphatic rings. The minimum absolute atomic E-state index is 0.215. The number of hydrogen-bond donors (Lipinski definition) is 2. The summed E-state index contributed by atoms with van der Waals surface area (Å²) in [6, 6.07) is 6.51. The van der Waals surface area contributed by atoms with Crippen molar-refractivity contribution in [2.75, 3.05) is 37.5 Å². The number of benzene rings is 1. The maximum atomic E-state index is 13.2. The van der Waals surface area contributed by atoms with E-state index in [-0.39, 0.29) is 11.9 Å². The predicted octanol–water partition coefficient (Wildman–Crippen LogP) is 2.79. The van der Waals surface area contributed by atoms with Gasteiger partial charge in [-0.3, -0.25) is 4.79 Å². The Bertz CT molecular complexity index is 1140. The second-order valence-electron chi connectivity index (χ2n) is 8.13. The Morgan fingerprint density at radius 1 is 1.12 bits per heavy atom. The number of fused-ring (bicyclic) bond motifs is 1. The number of aryl methyl sites for hydroxylation is 1. The van der Waals surface area contributed by atoms with Gasteiger partial charge in [-0.2, -0.15) is 4.98 Å². The summed E-state index contributed by atoms with van der Waals surface area (Å²) < 4.78 is 10.4. The molecule has 1 aromatic carbocycles. The van der Waals surface area contributed by atoms with Gasteiger partial charge in [0.15, 0.2) is 0 Å². The number of hydrogen-bond acceptors (Lipinski definition) is 8. The highest BCUT2D eigenvalue weighted by molar-refractivity contribution is 6.13. The first-order chi connectivity index (χ1) is 15.4. The number of pyridine rings is 1. The third-order valence-corrected chi connectivity index (χ3v) is 5.51. The highest BCUT2D eigenvalue weighted by atomic mass is 16.5. The standard InChI is InChI=1S/C23H28N6O3/c1-13-8-16(9-24-22(13)31-4)27-21(30)17-6-7-19(29-11-14(2)26-15(3)12-29)18-10-25-23(32-5)28-20(17)18/h6-10,14-15,26H,11-12H2,1-5H3,(H,27,30)/t14-,15-/m0/s1. The number of methoxy groups -OCH3 is 2. The van der Waals surface area contributed by atoms with Crippen molar-refractivity contribution in [3.05, 3.63) is 41.7 Å². The van der Waals surface area contributed by atoms with E-state index >= 15 is 0 Å². The summed E-state index contributed by atoms with van der Waals surface area (Å²) in [5, 5.41) is 7.26. The largest absolute Gasteiger partial charge is 0.481 e. The zero-order valence-corrected chi connectivity index (χ0v) is 19.0. The lowest BCUT2D eigenvalue weighted by Crippen LogP contribution is -2.54. The van der Waals surface area contributed by atoms with E-state index in [1.54, 1.807) is 25.6 Å². The number of rotatable bonds is 5. The molecular formula is C23H28N6O3. The van der Waals surface area contributed by atoms with E-state index in [0.717, 1.165) is 29.7 Å². The quantitative estimate of drug-likeness (QED) is 0.630. The predicted molar refractivity (Wildman–Crippen MR) is 124 cm³/mol. The van der Waals surface area contributed by atoms with Gasteiger partial charge in [0.05, 0.1) is 37.2 Å². The fourth-order valence-electron chi connectivity index (χ4n) is 4.21. The van der Waals surface area contributed by atoms with Crippen LogP contribution in [-0.2, 0) is 0 Å². The first-order valence-electron chi connectivity index (χ1n) is 10.6. The molecule has 0 bridgehead atoms. The molecule has 1 saturated heterocycles. The summed E-state index contributed by atoms with van der Waals surface area (Å²) in [5.41, 5.74) is 3.40. The molecule has 2 N–H and O–H groups in total. The molecular weight excluding hydrogens is 408 g/mol. The van der Waals surface area contributed by atoms with Gasteiger partial charge in [0, 0.05) is 48.0 Å². The van der Waals surface area contributed by atoms with Crippen LogP contribution in [0.2, 0.25) is 0 Å². The summed E-state index contributed by atoms with van der Waals surface area (Å²) in [6.45, 7) is 7.91. The van der Waals surface area contributed by atoms with Crippen molar-refractivity contribution in [3.63, 3.8) is 0 Å². The molecule has 0 aliphatic carbocycles. The molecule has 0 unspecified atom stereocenters. The Balaban J connectivity index is 1.73. The summed E-state index contributed by atoms with van der Waals surface area (Å²) in [5.74, 6) is 0.241. The van der Waals surface area contributed by atoms with Crippen molar-refractivity contribution < 1.29 is 14.3 Å². The summed E-state index contributed by atoms with van der Waals surface area (Å²) in [6.07, 6.45) is 3.29. The molecule has 1 amide bonds. The van der Waals surface area contributed by atoms with Crippen LogP contribution in [0.25, 0.3) is 10.9 Å². The molecule has 9 nitrogen and oxygen atoms in total. The Morgan fingerprint density at radius 3 is 2.53 bits per heavy atom. The lowest BCUT2D eigenvalue weighted by Gasteiger charge is -2.38. The molecule has 4 rings (SSSR count). The molecule has 32 heavy (non-hydrogen) atoms. The van der Waals surface area contributed by atoms with Gasteiger partial charge in [-0.1, -0.05) is 0 Å². The van der Waals surface area contributed by atoms with Gasteiger partial charge in [0.25, 0.3) is 5.91 Å². The SMILES string of the molecule is COc1ncc2c(N3C[C@H](C)N[C@@H](C)C3)ccc(C(=O)Nc3cnc(OC)c(C)c3)c2n1. The fraction of sp³-hybridized carbons (Fsp3) is 0.391. The van der Waals surface area contributed by atoms with Gasteiger partial charge in [-0.05, 0) is 39.0 Å². The number of nitrogens with one attached hydrogen (secondary N) is 2. The molecule has 1 fully saturated rings. The number of anilines is 2. The molecule has 0 radical (unpaired) electrons. The van der Waals surface area contributed by atoms with E-state index in [0.29, 0.717) is 34.7 Å². The van der Waals surface area contributed by atoms with E-state index in [2.05, 4.69) is 44.3 Å². The zero-order valence-electron chi connectivity index (χ0n) is 19.0. The highest BCUT2D eigenvalue weighted by Crippen LogP contribution is 2.31. The van der Waals surface area contributed by atoms with Gasteiger partial charge >= 0.3 is 6.01 Å². The Labute approximate surface area is 187 Å². The fourth-order valence-corrected chi connectivity index (χ4v) is 4.21. The maximum Gasteiger partial charge on any atom is 0.316 e. The van der Waals surface area contributed by atoms with Gasteiger partial charge in [-0.25, -0.2) is 9.97 Å². The van der Waals surface area contributed by atoms with Crippen molar-refractivity contribution in [2.45, 2.75) is 32.9 Å². The second-order valence-corrected chi connectivity index (χ2v) is 8.13.